The van der Waals surface area contributed by atoms with Gasteiger partial charge in [0.15, 0.2) is 0 Å². The van der Waals surface area contributed by atoms with Crippen molar-refractivity contribution in [2.45, 2.75) is 6.54 Å². The van der Waals surface area contributed by atoms with E-state index in [4.69, 9.17) is 9.72 Å². The van der Waals surface area contributed by atoms with Gasteiger partial charge in [0, 0.05) is 30.0 Å². The summed E-state index contributed by atoms with van der Waals surface area (Å²) in [6.45, 7) is 0.656. The highest BCUT2D eigenvalue weighted by molar-refractivity contribution is 7.13. The van der Waals surface area contributed by atoms with Crippen LogP contribution in [0.5, 0.6) is 5.75 Å². The zero-order valence-corrected chi connectivity index (χ0v) is 15.0. The van der Waals surface area contributed by atoms with Gasteiger partial charge in [-0.15, -0.1) is 11.3 Å². The topological polar surface area (TPSA) is 64.9 Å². The van der Waals surface area contributed by atoms with Crippen molar-refractivity contribution >= 4 is 17.2 Å². The molecule has 0 saturated heterocycles. The largest absolute Gasteiger partial charge is 0.497 e. The molecule has 0 aliphatic rings. The van der Waals surface area contributed by atoms with E-state index in [9.17, 15) is 0 Å². The minimum absolute atomic E-state index is 0.583. The van der Waals surface area contributed by atoms with Gasteiger partial charge >= 0.3 is 0 Å². The first kappa shape index (κ1) is 16.3. The Bertz CT molecular complexity index is 966. The number of anilines is 1. The smallest absolute Gasteiger partial charge is 0.236 e. The lowest BCUT2D eigenvalue weighted by Gasteiger charge is -2.12. The van der Waals surface area contributed by atoms with E-state index in [-0.39, 0.29) is 0 Å². The molecule has 1 N–H and O–H groups in total. The maximum Gasteiger partial charge on any atom is 0.236 e. The third-order valence-corrected chi connectivity index (χ3v) is 4.82. The van der Waals surface area contributed by atoms with Crippen molar-refractivity contribution in [3.63, 3.8) is 0 Å². The quantitative estimate of drug-likeness (QED) is 0.561. The van der Waals surface area contributed by atoms with Crippen LogP contribution >= 0.6 is 11.3 Å². The number of hydrogen-bond donors (Lipinski definition) is 1. The highest BCUT2D eigenvalue weighted by atomic mass is 32.1. The monoisotopic (exact) mass is 363 g/mol. The molecule has 3 aromatic heterocycles. The number of methoxy groups -OCH3 is 1. The minimum atomic E-state index is 0.583. The lowest BCUT2D eigenvalue weighted by molar-refractivity contribution is 0.414. The molecule has 0 unspecified atom stereocenters. The van der Waals surface area contributed by atoms with Crippen LogP contribution in [-0.4, -0.2) is 26.6 Å². The van der Waals surface area contributed by atoms with E-state index in [1.807, 2.05) is 48.1 Å². The maximum atomic E-state index is 5.21. The second kappa shape index (κ2) is 7.37. The number of imidazole rings is 1. The summed E-state index contributed by atoms with van der Waals surface area (Å²) >= 11 is 1.66. The molecule has 7 heteroatoms. The van der Waals surface area contributed by atoms with Gasteiger partial charge in [0.1, 0.15) is 17.9 Å². The van der Waals surface area contributed by atoms with Crippen LogP contribution in [0.15, 0.2) is 66.7 Å². The van der Waals surface area contributed by atoms with Crippen molar-refractivity contribution < 1.29 is 4.74 Å². The number of nitrogens with zero attached hydrogens (tertiary/aromatic N) is 4. The summed E-state index contributed by atoms with van der Waals surface area (Å²) in [4.78, 5) is 14.4. The molecular weight excluding hydrogens is 346 g/mol. The molecule has 26 heavy (non-hydrogen) atoms. The van der Waals surface area contributed by atoms with Gasteiger partial charge in [-0.2, -0.15) is 4.98 Å². The van der Waals surface area contributed by atoms with Crippen LogP contribution in [-0.2, 0) is 6.54 Å². The molecule has 6 nitrogen and oxygen atoms in total. The van der Waals surface area contributed by atoms with Gasteiger partial charge in [0.2, 0.25) is 5.95 Å². The summed E-state index contributed by atoms with van der Waals surface area (Å²) in [5.41, 5.74) is 2.13. The molecule has 1 aromatic carbocycles. The molecule has 0 spiro atoms. The minimum Gasteiger partial charge on any atom is -0.497 e. The van der Waals surface area contributed by atoms with Crippen molar-refractivity contribution in [1.29, 1.82) is 0 Å². The van der Waals surface area contributed by atoms with Gasteiger partial charge < -0.3 is 10.1 Å². The molecular formula is C19H17N5OS. The Labute approximate surface area is 155 Å². The van der Waals surface area contributed by atoms with Gasteiger partial charge in [-0.25, -0.2) is 9.97 Å². The molecule has 0 aliphatic heterocycles. The van der Waals surface area contributed by atoms with Crippen LogP contribution in [0, 0.1) is 0 Å². The summed E-state index contributed by atoms with van der Waals surface area (Å²) in [6, 6.07) is 12.1. The lowest BCUT2D eigenvalue weighted by Crippen LogP contribution is -2.07. The number of ether oxygens (including phenoxy) is 1. The molecule has 0 aliphatic carbocycles. The SMILES string of the molecule is COc1ccc(CNc2nc(-n3ccnc3)ncc2-c2cccs2)cc1. The van der Waals surface area contributed by atoms with E-state index in [0.717, 1.165) is 27.6 Å². The van der Waals surface area contributed by atoms with Crippen LogP contribution in [0.1, 0.15) is 5.56 Å². The molecule has 0 amide bonds. The standard InChI is InChI=1S/C19H17N5OS/c1-25-15-6-4-14(5-7-15)11-21-18-16(17-3-2-10-26-17)12-22-19(23-18)24-9-8-20-13-24/h2-10,12-13H,11H2,1H3,(H,21,22,23). The second-order valence-corrected chi connectivity index (χ2v) is 6.53. The summed E-state index contributed by atoms with van der Waals surface area (Å²) in [5.74, 6) is 2.22. The average Bonchev–Trinajstić information content (AvgIpc) is 3.40. The van der Waals surface area contributed by atoms with E-state index in [2.05, 4.69) is 21.4 Å². The van der Waals surface area contributed by atoms with E-state index in [1.54, 1.807) is 35.5 Å². The van der Waals surface area contributed by atoms with Crippen LogP contribution in [0.25, 0.3) is 16.4 Å². The summed E-state index contributed by atoms with van der Waals surface area (Å²) in [6.07, 6.45) is 7.08. The fourth-order valence-electron chi connectivity index (χ4n) is 2.55. The molecule has 0 bridgehead atoms. The second-order valence-electron chi connectivity index (χ2n) is 5.58. The number of hydrogen-bond acceptors (Lipinski definition) is 6. The normalized spacial score (nSPS) is 10.7. The highest BCUT2D eigenvalue weighted by Crippen LogP contribution is 2.30. The van der Waals surface area contributed by atoms with Crippen molar-refractivity contribution in [1.82, 2.24) is 19.5 Å². The molecule has 130 valence electrons. The number of rotatable bonds is 6. The molecule has 0 atom stereocenters. The highest BCUT2D eigenvalue weighted by Gasteiger charge is 2.11. The Kier molecular flexibility index (Phi) is 4.61. The summed E-state index contributed by atoms with van der Waals surface area (Å²) < 4.78 is 7.00. The zero-order valence-electron chi connectivity index (χ0n) is 14.2. The Morgan fingerprint density at radius 1 is 1.19 bits per heavy atom. The first-order valence-corrected chi connectivity index (χ1v) is 8.97. The van der Waals surface area contributed by atoms with E-state index < -0.39 is 0 Å². The van der Waals surface area contributed by atoms with Crippen molar-refractivity contribution in [2.24, 2.45) is 0 Å². The van der Waals surface area contributed by atoms with Crippen molar-refractivity contribution in [3.8, 4) is 22.1 Å². The Hall–Kier alpha value is -3.19. The van der Waals surface area contributed by atoms with Gasteiger partial charge in [-0.1, -0.05) is 18.2 Å². The third-order valence-electron chi connectivity index (χ3n) is 3.92. The molecule has 0 fully saturated rings. The van der Waals surface area contributed by atoms with Gasteiger partial charge in [-0.05, 0) is 29.1 Å². The van der Waals surface area contributed by atoms with E-state index in [1.165, 1.54) is 0 Å². The van der Waals surface area contributed by atoms with Crippen LogP contribution < -0.4 is 10.1 Å². The van der Waals surface area contributed by atoms with Gasteiger partial charge in [-0.3, -0.25) is 4.57 Å². The fraction of sp³-hybridized carbons (Fsp3) is 0.105. The first-order chi connectivity index (χ1) is 12.8. The maximum absolute atomic E-state index is 5.21. The fourth-order valence-corrected chi connectivity index (χ4v) is 3.29. The van der Waals surface area contributed by atoms with Crippen LogP contribution in [0.3, 0.4) is 0 Å². The first-order valence-electron chi connectivity index (χ1n) is 8.09. The van der Waals surface area contributed by atoms with Gasteiger partial charge in [0.05, 0.1) is 12.7 Å². The third kappa shape index (κ3) is 3.43. The van der Waals surface area contributed by atoms with Crippen molar-refractivity contribution in [2.75, 3.05) is 12.4 Å². The van der Waals surface area contributed by atoms with Crippen molar-refractivity contribution in [3.05, 3.63) is 72.3 Å². The molecule has 3 heterocycles. The lowest BCUT2D eigenvalue weighted by atomic mass is 10.2. The van der Waals surface area contributed by atoms with E-state index >= 15 is 0 Å². The summed E-state index contributed by atoms with van der Waals surface area (Å²) in [5, 5.41) is 5.49. The van der Waals surface area contributed by atoms with E-state index in [0.29, 0.717) is 12.5 Å². The Balaban J connectivity index is 1.63. The van der Waals surface area contributed by atoms with Crippen LogP contribution in [0.4, 0.5) is 5.82 Å². The van der Waals surface area contributed by atoms with Crippen LogP contribution in [0.2, 0.25) is 0 Å². The number of nitrogens with one attached hydrogen (secondary N) is 1. The molecule has 4 aromatic rings. The van der Waals surface area contributed by atoms with Gasteiger partial charge in [0.25, 0.3) is 0 Å². The predicted molar refractivity (Wildman–Crippen MR) is 103 cm³/mol. The molecule has 4 rings (SSSR count). The number of thiophene rings is 1. The summed E-state index contributed by atoms with van der Waals surface area (Å²) in [7, 11) is 1.67. The zero-order chi connectivity index (χ0) is 17.8. The molecule has 0 radical (unpaired) electrons. The average molecular weight is 363 g/mol. The number of benzene rings is 1. The number of aromatic nitrogens is 4. The predicted octanol–water partition coefficient (Wildman–Crippen LogP) is 4.01. The Morgan fingerprint density at radius 2 is 2.08 bits per heavy atom. The Morgan fingerprint density at radius 3 is 2.77 bits per heavy atom. The molecule has 0 saturated carbocycles.